The maximum atomic E-state index is 13.0. The topological polar surface area (TPSA) is 26.0 Å². The van der Waals surface area contributed by atoms with E-state index in [1.54, 1.807) is 0 Å². The molecule has 80 valence electrons. The van der Waals surface area contributed by atoms with Gasteiger partial charge in [0.15, 0.2) is 0 Å². The minimum Gasteiger partial charge on any atom is -0.322 e. The Bertz CT molecular complexity index is 320. The highest BCUT2D eigenvalue weighted by Crippen LogP contribution is 2.27. The van der Waals surface area contributed by atoms with Gasteiger partial charge in [-0.1, -0.05) is 11.6 Å². The summed E-state index contributed by atoms with van der Waals surface area (Å²) in [5.41, 5.74) is 4.88. The molecule has 0 unspecified atom stereocenters. The molecule has 0 aliphatic carbocycles. The zero-order chi connectivity index (χ0) is 10.0. The van der Waals surface area contributed by atoms with Crippen molar-refractivity contribution in [3.8, 4) is 0 Å². The largest absolute Gasteiger partial charge is 0.322 e. The molecule has 0 spiro atoms. The van der Waals surface area contributed by atoms with Crippen LogP contribution in [0.15, 0.2) is 12.1 Å². The third-order valence-electron chi connectivity index (χ3n) is 1.62. The SMILES string of the molecule is Cl.N[C@H](CF)c1c(F)ccc(F)c1Cl. The van der Waals surface area contributed by atoms with Gasteiger partial charge in [0.2, 0.25) is 0 Å². The Balaban J connectivity index is 0.00000169. The molecule has 1 rings (SSSR count). The number of nitrogens with two attached hydrogens (primary N) is 1. The van der Waals surface area contributed by atoms with Gasteiger partial charge >= 0.3 is 0 Å². The Labute approximate surface area is 90.5 Å². The Kier molecular flexibility index (Phi) is 5.26. The highest BCUT2D eigenvalue weighted by atomic mass is 35.5. The van der Waals surface area contributed by atoms with Crippen molar-refractivity contribution in [1.82, 2.24) is 0 Å². The number of benzene rings is 1. The van der Waals surface area contributed by atoms with Gasteiger partial charge < -0.3 is 5.73 Å². The number of hydrogen-bond donors (Lipinski definition) is 1. The van der Waals surface area contributed by atoms with Crippen LogP contribution < -0.4 is 5.73 Å². The average Bonchev–Trinajstić information content (AvgIpc) is 2.12. The maximum Gasteiger partial charge on any atom is 0.142 e. The molecule has 0 heterocycles. The van der Waals surface area contributed by atoms with Crippen molar-refractivity contribution in [3.63, 3.8) is 0 Å². The molecule has 0 saturated carbocycles. The molecular weight excluding hydrogens is 238 g/mol. The van der Waals surface area contributed by atoms with Crippen LogP contribution in [0.1, 0.15) is 11.6 Å². The van der Waals surface area contributed by atoms with Crippen molar-refractivity contribution in [2.45, 2.75) is 6.04 Å². The first-order valence-corrected chi connectivity index (χ1v) is 3.90. The van der Waals surface area contributed by atoms with Gasteiger partial charge in [-0.3, -0.25) is 0 Å². The van der Waals surface area contributed by atoms with Crippen molar-refractivity contribution in [3.05, 3.63) is 34.4 Å². The second-order valence-electron chi connectivity index (χ2n) is 2.52. The van der Waals surface area contributed by atoms with Crippen LogP contribution >= 0.6 is 24.0 Å². The average molecular weight is 246 g/mol. The summed E-state index contributed by atoms with van der Waals surface area (Å²) >= 11 is 5.41. The van der Waals surface area contributed by atoms with E-state index in [9.17, 15) is 13.2 Å². The molecule has 6 heteroatoms. The van der Waals surface area contributed by atoms with Crippen molar-refractivity contribution in [2.75, 3.05) is 6.67 Å². The van der Waals surface area contributed by atoms with Crippen molar-refractivity contribution >= 4 is 24.0 Å². The van der Waals surface area contributed by atoms with E-state index in [1.165, 1.54) is 0 Å². The van der Waals surface area contributed by atoms with Crippen LogP contribution in [0.5, 0.6) is 0 Å². The lowest BCUT2D eigenvalue weighted by Crippen LogP contribution is -2.15. The van der Waals surface area contributed by atoms with Crippen LogP contribution in [0.3, 0.4) is 0 Å². The quantitative estimate of drug-likeness (QED) is 0.797. The summed E-state index contributed by atoms with van der Waals surface area (Å²) in [5.74, 6) is -1.60. The van der Waals surface area contributed by atoms with E-state index in [0.717, 1.165) is 12.1 Å². The van der Waals surface area contributed by atoms with Crippen LogP contribution in [0, 0.1) is 11.6 Å². The third kappa shape index (κ3) is 2.53. The predicted octanol–water partition coefficient (Wildman–Crippen LogP) is 3.01. The number of rotatable bonds is 2. The van der Waals surface area contributed by atoms with E-state index in [-0.39, 0.29) is 18.0 Å². The van der Waals surface area contributed by atoms with Crippen LogP contribution in [-0.2, 0) is 0 Å². The molecule has 2 N–H and O–H groups in total. The van der Waals surface area contributed by atoms with Gasteiger partial charge in [0.05, 0.1) is 11.1 Å². The second kappa shape index (κ2) is 5.44. The van der Waals surface area contributed by atoms with Gasteiger partial charge in [-0.15, -0.1) is 12.4 Å². The van der Waals surface area contributed by atoms with E-state index in [4.69, 9.17) is 17.3 Å². The first-order valence-electron chi connectivity index (χ1n) is 3.53. The van der Waals surface area contributed by atoms with Gasteiger partial charge in [-0.25, -0.2) is 13.2 Å². The van der Waals surface area contributed by atoms with E-state index >= 15 is 0 Å². The molecule has 0 radical (unpaired) electrons. The highest BCUT2D eigenvalue weighted by Gasteiger charge is 2.17. The number of halogens is 5. The molecule has 1 nitrogen and oxygen atoms in total. The second-order valence-corrected chi connectivity index (χ2v) is 2.90. The van der Waals surface area contributed by atoms with Crippen molar-refractivity contribution in [1.29, 1.82) is 0 Å². The fraction of sp³-hybridized carbons (Fsp3) is 0.250. The lowest BCUT2D eigenvalue weighted by molar-refractivity contribution is 0.425. The van der Waals surface area contributed by atoms with Crippen LogP contribution in [0.4, 0.5) is 13.2 Å². The van der Waals surface area contributed by atoms with Gasteiger partial charge in [0, 0.05) is 5.56 Å². The highest BCUT2D eigenvalue weighted by molar-refractivity contribution is 6.31. The van der Waals surface area contributed by atoms with Crippen LogP contribution in [0.25, 0.3) is 0 Å². The van der Waals surface area contributed by atoms with Gasteiger partial charge in [-0.2, -0.15) is 0 Å². The summed E-state index contributed by atoms with van der Waals surface area (Å²) in [4.78, 5) is 0. The first kappa shape index (κ1) is 13.5. The van der Waals surface area contributed by atoms with Crippen molar-refractivity contribution in [2.24, 2.45) is 5.73 Å². The zero-order valence-corrected chi connectivity index (χ0v) is 8.51. The summed E-state index contributed by atoms with van der Waals surface area (Å²) in [6.45, 7) is -0.986. The molecule has 0 saturated heterocycles. The summed E-state index contributed by atoms with van der Waals surface area (Å²) in [5, 5.41) is -0.454. The van der Waals surface area contributed by atoms with E-state index in [1.807, 2.05) is 0 Å². The normalized spacial score (nSPS) is 12.1. The molecule has 0 bridgehead atoms. The molecule has 1 aromatic rings. The fourth-order valence-corrected chi connectivity index (χ4v) is 1.25. The fourth-order valence-electron chi connectivity index (χ4n) is 0.960. The molecule has 0 aliphatic heterocycles. The molecule has 0 aromatic heterocycles. The lowest BCUT2D eigenvalue weighted by Gasteiger charge is -2.10. The van der Waals surface area contributed by atoms with Gasteiger partial charge in [0.1, 0.15) is 18.3 Å². The molecule has 0 amide bonds. The van der Waals surface area contributed by atoms with Gasteiger partial charge in [0.25, 0.3) is 0 Å². The minimum atomic E-state index is -1.22. The Morgan fingerprint density at radius 3 is 2.29 bits per heavy atom. The van der Waals surface area contributed by atoms with Crippen molar-refractivity contribution < 1.29 is 13.2 Å². The number of alkyl halides is 1. The van der Waals surface area contributed by atoms with E-state index in [2.05, 4.69) is 0 Å². The summed E-state index contributed by atoms with van der Waals surface area (Å²) in [7, 11) is 0. The Morgan fingerprint density at radius 2 is 1.79 bits per heavy atom. The molecular formula is C8H8Cl2F3N. The Hall–Kier alpha value is -0.450. The molecule has 14 heavy (non-hydrogen) atoms. The molecule has 0 aliphatic rings. The molecule has 1 aromatic carbocycles. The summed E-state index contributed by atoms with van der Waals surface area (Å²) < 4.78 is 37.8. The monoisotopic (exact) mass is 245 g/mol. The van der Waals surface area contributed by atoms with Crippen LogP contribution in [0.2, 0.25) is 5.02 Å². The smallest absolute Gasteiger partial charge is 0.142 e. The first-order chi connectivity index (χ1) is 6.07. The summed E-state index contributed by atoms with van der Waals surface area (Å²) in [6, 6.07) is 0.515. The lowest BCUT2D eigenvalue weighted by atomic mass is 10.1. The van der Waals surface area contributed by atoms with Gasteiger partial charge in [-0.05, 0) is 12.1 Å². The minimum absolute atomic E-state index is 0. The Morgan fingerprint density at radius 1 is 1.29 bits per heavy atom. The van der Waals surface area contributed by atoms with Crippen LogP contribution in [-0.4, -0.2) is 6.67 Å². The summed E-state index contributed by atoms with van der Waals surface area (Å²) in [6.07, 6.45) is 0. The molecule has 1 atom stereocenters. The molecule has 0 fully saturated rings. The maximum absolute atomic E-state index is 13.0. The standard InChI is InChI=1S/C8H7ClF3N.ClH/c9-8-5(12)2-1-4(11)7(8)6(13)3-10;/h1-2,6H,3,13H2;1H/t6-;/m1./s1. The van der Waals surface area contributed by atoms with E-state index in [0.29, 0.717) is 0 Å². The van der Waals surface area contributed by atoms with E-state index < -0.39 is 29.4 Å². The number of hydrogen-bond acceptors (Lipinski definition) is 1. The predicted molar refractivity (Wildman–Crippen MR) is 51.5 cm³/mol. The zero-order valence-electron chi connectivity index (χ0n) is 6.94. The third-order valence-corrected chi connectivity index (χ3v) is 2.00.